The summed E-state index contributed by atoms with van der Waals surface area (Å²) in [6.45, 7) is 5.26. The quantitative estimate of drug-likeness (QED) is 0.248. The number of rotatable bonds is 10. The third kappa shape index (κ3) is 7.46. The number of fused-ring (bicyclic) bond motifs is 2. The maximum absolute atomic E-state index is 13.0. The third-order valence-corrected chi connectivity index (χ3v) is 11.9. The first-order chi connectivity index (χ1) is 23.6. The summed E-state index contributed by atoms with van der Waals surface area (Å²) in [4.78, 5) is 13.5. The highest BCUT2D eigenvalue weighted by Crippen LogP contribution is 2.33. The Balaban J connectivity index is 1.12. The second kappa shape index (κ2) is 13.9. The van der Waals surface area contributed by atoms with E-state index in [4.69, 9.17) is 0 Å². The minimum atomic E-state index is -4.29. The molecule has 16 heteroatoms. The molecule has 0 bridgehead atoms. The molecule has 2 fully saturated rings. The van der Waals surface area contributed by atoms with Gasteiger partial charge < -0.3 is 9.88 Å². The van der Waals surface area contributed by atoms with E-state index in [0.29, 0.717) is 41.2 Å². The van der Waals surface area contributed by atoms with Gasteiger partial charge in [-0.3, -0.25) is 9.80 Å². The molecular formula is C32H40F3N9O2S2. The number of aromatic nitrogens is 3. The van der Waals surface area contributed by atoms with Gasteiger partial charge in [-0.15, -0.1) is 11.3 Å². The zero-order valence-corrected chi connectivity index (χ0v) is 28.6. The summed E-state index contributed by atoms with van der Waals surface area (Å²) in [5.74, 6) is 0.551. The second-order valence-electron chi connectivity index (χ2n) is 12.3. The summed E-state index contributed by atoms with van der Waals surface area (Å²) in [7, 11) is -2.19. The highest BCUT2D eigenvalue weighted by atomic mass is 32.2. The van der Waals surface area contributed by atoms with Gasteiger partial charge >= 0.3 is 6.18 Å². The molecule has 2 N–H and O–H groups in total. The summed E-state index contributed by atoms with van der Waals surface area (Å²) in [5, 5.41) is 14.9. The van der Waals surface area contributed by atoms with E-state index >= 15 is 0 Å². The Hall–Kier alpha value is -3.33. The van der Waals surface area contributed by atoms with Crippen molar-refractivity contribution in [3.8, 4) is 6.07 Å². The van der Waals surface area contributed by atoms with Crippen LogP contribution >= 0.6 is 11.3 Å². The fourth-order valence-electron chi connectivity index (χ4n) is 6.56. The molecular weight excluding hydrogens is 664 g/mol. The van der Waals surface area contributed by atoms with Crippen molar-refractivity contribution >= 4 is 48.5 Å². The van der Waals surface area contributed by atoms with Gasteiger partial charge in [-0.2, -0.15) is 31.2 Å². The number of anilines is 1. The molecule has 5 heterocycles. The Labute approximate surface area is 285 Å². The van der Waals surface area contributed by atoms with E-state index in [1.54, 1.807) is 13.0 Å². The largest absolute Gasteiger partial charge is 0.393 e. The predicted octanol–water partition coefficient (Wildman–Crippen LogP) is 4.48. The van der Waals surface area contributed by atoms with Crippen molar-refractivity contribution in [2.24, 2.45) is 0 Å². The van der Waals surface area contributed by atoms with Gasteiger partial charge in [0.25, 0.3) is 10.2 Å². The lowest BCUT2D eigenvalue weighted by molar-refractivity contribution is -0.126. The van der Waals surface area contributed by atoms with Crippen LogP contribution in [-0.4, -0.2) is 102 Å². The van der Waals surface area contributed by atoms with Gasteiger partial charge in [0.15, 0.2) is 0 Å². The third-order valence-electron chi connectivity index (χ3n) is 9.29. The monoisotopic (exact) mass is 705 g/mol. The normalized spacial score (nSPS) is 19.4. The number of thiophene rings is 1. The van der Waals surface area contributed by atoms with Gasteiger partial charge in [0.05, 0.1) is 14.5 Å². The topological polar surface area (TPSA) is 122 Å². The maximum atomic E-state index is 13.0. The van der Waals surface area contributed by atoms with Crippen molar-refractivity contribution in [1.29, 1.82) is 5.26 Å². The molecule has 258 valence electrons. The first-order valence-corrected chi connectivity index (χ1v) is 18.1. The van der Waals surface area contributed by atoms with Crippen LogP contribution in [0.5, 0.6) is 0 Å². The lowest BCUT2D eigenvalue weighted by atomic mass is 10.0. The minimum Gasteiger partial charge on any atom is -0.367 e. The Morgan fingerprint density at radius 1 is 1.12 bits per heavy atom. The number of benzene rings is 1. The average Bonchev–Trinajstić information content (AvgIpc) is 3.68. The van der Waals surface area contributed by atoms with Crippen LogP contribution in [0, 0.1) is 18.3 Å². The number of piperidine rings is 1. The molecule has 6 rings (SSSR count). The second-order valence-corrected chi connectivity index (χ2v) is 15.3. The molecule has 2 saturated heterocycles. The number of piperazine rings is 1. The molecule has 1 unspecified atom stereocenters. The zero-order chi connectivity index (χ0) is 36.0. The summed E-state index contributed by atoms with van der Waals surface area (Å²) in [6, 6.07) is 8.81. The van der Waals surface area contributed by atoms with Crippen molar-refractivity contribution < 1.29 is 24.3 Å². The van der Waals surface area contributed by atoms with Crippen LogP contribution in [0.3, 0.4) is 0 Å². The Bertz CT molecular complexity index is 2010. The van der Waals surface area contributed by atoms with E-state index in [2.05, 4.69) is 31.0 Å². The number of hydrogen-bond acceptors (Lipinski definition) is 9. The van der Waals surface area contributed by atoms with Crippen LogP contribution < -0.4 is 10.0 Å². The highest BCUT2D eigenvalue weighted by Gasteiger charge is 2.30. The number of alkyl halides is 3. The molecule has 48 heavy (non-hydrogen) atoms. The molecule has 2 aliphatic rings. The van der Waals surface area contributed by atoms with Gasteiger partial charge in [0.2, 0.25) is 0 Å². The lowest BCUT2D eigenvalue weighted by Crippen LogP contribution is -2.54. The number of aryl methyl sites for hydroxylation is 1. The van der Waals surface area contributed by atoms with Crippen LogP contribution in [0.25, 0.3) is 21.1 Å². The number of likely N-dealkylation sites (tertiary alicyclic amines) is 1. The molecule has 11 nitrogen and oxygen atoms in total. The first-order valence-electron chi connectivity index (χ1n) is 16.9. The number of nitrogens with one attached hydrogen (secondary N) is 2. The Morgan fingerprint density at radius 2 is 1.85 bits per heavy atom. The van der Waals surface area contributed by atoms with E-state index in [0.717, 1.165) is 53.8 Å². The summed E-state index contributed by atoms with van der Waals surface area (Å²) >= 11 is 1.03. The molecule has 0 aliphatic carbocycles. The van der Waals surface area contributed by atoms with Gasteiger partial charge in [0.1, 0.15) is 28.7 Å². The van der Waals surface area contributed by atoms with Gasteiger partial charge in [-0.05, 0) is 56.0 Å². The summed E-state index contributed by atoms with van der Waals surface area (Å²) in [6.07, 6.45) is -2.27. The molecule has 2 aliphatic heterocycles. The number of nitrogens with zero attached hydrogens (tertiary/aromatic N) is 7. The Morgan fingerprint density at radius 3 is 2.52 bits per heavy atom. The molecule has 1 atom stereocenters. The number of nitriles is 1. The molecule has 0 spiro atoms. The lowest BCUT2D eigenvalue weighted by Gasteiger charge is -2.37. The van der Waals surface area contributed by atoms with Gasteiger partial charge in [-0.25, -0.2) is 14.7 Å². The van der Waals surface area contributed by atoms with E-state index < -0.39 is 35.3 Å². The Kier molecular flexibility index (Phi) is 9.23. The molecule has 4 aromatic rings. The molecule has 0 amide bonds. The standard InChI is InChI=1S/C32H40F3N9O2S2/c1-21(42-10-12-43(13-11-42)48(45,46)37-3)18-44-25(17-36)14-27-22(2)23(4-5-29(27)44)19-41-8-6-24(7-9-41)40-30-28-15-26(16-32(33,34)35)47-31(28)39-20-38-30/h4-5,14-15,20-21,24,37H,6-13,16,18-19H2,1-3H3,(H,38,39,40)/i18D2. The van der Waals surface area contributed by atoms with Crippen molar-refractivity contribution in [3.05, 3.63) is 52.3 Å². The van der Waals surface area contributed by atoms with E-state index in [9.17, 15) is 29.6 Å². The first kappa shape index (κ1) is 31.9. The number of hydrogen-bond donors (Lipinski definition) is 2. The van der Waals surface area contributed by atoms with Gasteiger partial charge in [0, 0.05) is 87.2 Å². The van der Waals surface area contributed by atoms with E-state index in [1.807, 2.05) is 24.0 Å². The number of halogens is 3. The fraction of sp³-hybridized carbons (Fsp3) is 0.531. The smallest absolute Gasteiger partial charge is 0.367 e. The summed E-state index contributed by atoms with van der Waals surface area (Å²) < 4.78 is 86.9. The van der Waals surface area contributed by atoms with Crippen molar-refractivity contribution in [2.45, 2.75) is 64.4 Å². The van der Waals surface area contributed by atoms with Crippen molar-refractivity contribution in [3.63, 3.8) is 0 Å². The zero-order valence-electron chi connectivity index (χ0n) is 29.0. The van der Waals surface area contributed by atoms with Crippen molar-refractivity contribution in [1.82, 2.24) is 33.4 Å². The maximum Gasteiger partial charge on any atom is 0.393 e. The average molecular weight is 706 g/mol. The van der Waals surface area contributed by atoms with Crippen molar-refractivity contribution in [2.75, 3.05) is 51.6 Å². The minimum absolute atomic E-state index is 0.103. The van der Waals surface area contributed by atoms with Crippen LogP contribution in [0.1, 0.15) is 44.2 Å². The molecule has 1 aromatic carbocycles. The fourth-order valence-corrected chi connectivity index (χ4v) is 8.49. The van der Waals surface area contributed by atoms with Crippen LogP contribution in [0.2, 0.25) is 0 Å². The van der Waals surface area contributed by atoms with E-state index in [-0.39, 0.29) is 29.7 Å². The van der Waals surface area contributed by atoms with Crippen LogP contribution in [0.4, 0.5) is 19.0 Å². The van der Waals surface area contributed by atoms with Crippen LogP contribution in [-0.2, 0) is 29.7 Å². The molecule has 0 radical (unpaired) electrons. The van der Waals surface area contributed by atoms with E-state index in [1.165, 1.54) is 28.3 Å². The van der Waals surface area contributed by atoms with Gasteiger partial charge in [-0.1, -0.05) is 6.07 Å². The molecule has 3 aromatic heterocycles. The highest BCUT2D eigenvalue weighted by molar-refractivity contribution is 7.87. The van der Waals surface area contributed by atoms with Crippen LogP contribution in [0.15, 0.2) is 30.6 Å². The SMILES string of the molecule is [2H]C([2H])(C(C)N1CCN(S(=O)(=O)NC)CC1)n1c(C#N)cc2c(C)c(CN3CCC(Nc4ncnc5sc(CC(F)(F)F)cc45)CC3)ccc21. The molecule has 0 saturated carbocycles. The summed E-state index contributed by atoms with van der Waals surface area (Å²) in [5.41, 5.74) is 2.90. The predicted molar refractivity (Wildman–Crippen MR) is 181 cm³/mol.